The highest BCUT2D eigenvalue weighted by atomic mass is 35.5. The van der Waals surface area contributed by atoms with Crippen molar-refractivity contribution in [1.29, 1.82) is 0 Å². The number of rotatable bonds is 6. The second-order valence-corrected chi connectivity index (χ2v) is 6.65. The van der Waals surface area contributed by atoms with Gasteiger partial charge >= 0.3 is 0 Å². The fraction of sp³-hybridized carbons (Fsp3) is 0.0455. The van der Waals surface area contributed by atoms with Crippen molar-refractivity contribution in [1.82, 2.24) is 0 Å². The minimum atomic E-state index is -0.597. The quantitative estimate of drug-likeness (QED) is 0.308. The molecule has 3 rings (SSSR count). The molecule has 0 saturated carbocycles. The number of benzene rings is 3. The average Bonchev–Trinajstić information content (AvgIpc) is 2.74. The number of oxime groups is 1. The Hall–Kier alpha value is -3.64. The van der Waals surface area contributed by atoms with Crippen LogP contribution in [-0.2, 0) is 4.79 Å². The lowest BCUT2D eigenvalue weighted by Gasteiger charge is -2.11. The van der Waals surface area contributed by atoms with E-state index in [0.29, 0.717) is 16.3 Å². The number of hydrogen-bond donors (Lipinski definition) is 3. The third kappa shape index (κ3) is 5.43. The number of nitrogens with one attached hydrogen (secondary N) is 2. The van der Waals surface area contributed by atoms with Crippen LogP contribution in [0.1, 0.15) is 11.1 Å². The van der Waals surface area contributed by atoms with Gasteiger partial charge in [-0.05, 0) is 43.3 Å². The van der Waals surface area contributed by atoms with Gasteiger partial charge in [0.15, 0.2) is 5.71 Å². The Labute approximate surface area is 173 Å². The van der Waals surface area contributed by atoms with Crippen LogP contribution < -0.4 is 10.7 Å². The number of carbonyl (C=O) groups is 1. The molecule has 7 heteroatoms. The van der Waals surface area contributed by atoms with Gasteiger partial charge in [-0.2, -0.15) is 5.10 Å². The summed E-state index contributed by atoms with van der Waals surface area (Å²) in [6, 6.07) is 23.2. The lowest BCUT2D eigenvalue weighted by atomic mass is 10.1. The molecule has 0 unspecified atom stereocenters. The maximum Gasteiger partial charge on any atom is 0.280 e. The third-order valence-corrected chi connectivity index (χ3v) is 4.29. The average molecular weight is 407 g/mol. The molecule has 29 heavy (non-hydrogen) atoms. The first-order valence-electron chi connectivity index (χ1n) is 8.82. The summed E-state index contributed by atoms with van der Waals surface area (Å²) in [4.78, 5) is 12.8. The largest absolute Gasteiger partial charge is 0.410 e. The lowest BCUT2D eigenvalue weighted by Crippen LogP contribution is -2.31. The van der Waals surface area contributed by atoms with Crippen molar-refractivity contribution in [3.05, 3.63) is 95.0 Å². The fourth-order valence-corrected chi connectivity index (χ4v) is 2.65. The van der Waals surface area contributed by atoms with Gasteiger partial charge in [0.25, 0.3) is 5.91 Å². The number of para-hydroxylation sites is 1. The molecule has 0 aromatic heterocycles. The standard InChI is InChI=1S/C22H19ClN4O2/c1-15-7-13-18(14-8-15)24-22(28)21(27-29)20(16-9-11-17(23)12-10-16)26-25-19-5-3-2-4-6-19/h2-14,25,29H,1H3,(H,24,28)/b26-20-,27-21-. The van der Waals surface area contributed by atoms with Gasteiger partial charge in [0, 0.05) is 16.3 Å². The minimum Gasteiger partial charge on any atom is -0.410 e. The van der Waals surface area contributed by atoms with E-state index in [4.69, 9.17) is 11.6 Å². The summed E-state index contributed by atoms with van der Waals surface area (Å²) in [6.45, 7) is 1.95. The van der Waals surface area contributed by atoms with Crippen LogP contribution in [0.2, 0.25) is 5.02 Å². The van der Waals surface area contributed by atoms with Crippen molar-refractivity contribution >= 4 is 40.3 Å². The van der Waals surface area contributed by atoms with Crippen LogP contribution in [0.3, 0.4) is 0 Å². The van der Waals surface area contributed by atoms with E-state index in [1.54, 1.807) is 36.4 Å². The molecule has 1 amide bonds. The molecule has 0 saturated heterocycles. The molecule has 6 nitrogen and oxygen atoms in total. The van der Waals surface area contributed by atoms with Crippen molar-refractivity contribution in [3.8, 4) is 0 Å². The summed E-state index contributed by atoms with van der Waals surface area (Å²) in [6.07, 6.45) is 0. The van der Waals surface area contributed by atoms with Gasteiger partial charge in [-0.3, -0.25) is 10.2 Å². The van der Waals surface area contributed by atoms with Crippen molar-refractivity contribution in [2.75, 3.05) is 10.7 Å². The highest BCUT2D eigenvalue weighted by molar-refractivity contribution is 6.71. The molecule has 0 aliphatic rings. The van der Waals surface area contributed by atoms with Gasteiger partial charge in [-0.25, -0.2) is 0 Å². The first kappa shape index (κ1) is 20.1. The maximum atomic E-state index is 12.8. The Morgan fingerprint density at radius 2 is 1.55 bits per heavy atom. The maximum absolute atomic E-state index is 12.8. The van der Waals surface area contributed by atoms with Crippen LogP contribution in [-0.4, -0.2) is 22.5 Å². The molecule has 3 N–H and O–H groups in total. The summed E-state index contributed by atoms with van der Waals surface area (Å²) in [5, 5.41) is 20.4. The molecule has 3 aromatic carbocycles. The van der Waals surface area contributed by atoms with E-state index in [9.17, 15) is 10.0 Å². The van der Waals surface area contributed by atoms with Crippen molar-refractivity contribution in [2.24, 2.45) is 10.3 Å². The topological polar surface area (TPSA) is 86.1 Å². The summed E-state index contributed by atoms with van der Waals surface area (Å²) in [5.41, 5.74) is 5.73. The van der Waals surface area contributed by atoms with Gasteiger partial charge < -0.3 is 10.5 Å². The Balaban J connectivity index is 1.92. The van der Waals surface area contributed by atoms with E-state index < -0.39 is 5.91 Å². The van der Waals surface area contributed by atoms with Crippen molar-refractivity contribution in [2.45, 2.75) is 6.92 Å². The molecular formula is C22H19ClN4O2. The first-order chi connectivity index (χ1) is 14.1. The zero-order valence-corrected chi connectivity index (χ0v) is 16.4. The number of nitrogens with zero attached hydrogens (tertiary/aromatic N) is 2. The second-order valence-electron chi connectivity index (χ2n) is 6.21. The SMILES string of the molecule is Cc1ccc(NC(=O)C(=N\O)/C(=N\Nc2ccccc2)c2ccc(Cl)cc2)cc1. The summed E-state index contributed by atoms with van der Waals surface area (Å²) in [5.74, 6) is -0.597. The molecule has 0 radical (unpaired) electrons. The minimum absolute atomic E-state index is 0.164. The van der Waals surface area contributed by atoms with Crippen LogP contribution in [0.25, 0.3) is 0 Å². The fourth-order valence-electron chi connectivity index (χ4n) is 2.52. The molecular weight excluding hydrogens is 388 g/mol. The van der Waals surface area contributed by atoms with E-state index in [1.807, 2.05) is 49.4 Å². The number of aryl methyl sites for hydroxylation is 1. The summed E-state index contributed by atoms with van der Waals surface area (Å²) < 4.78 is 0. The Bertz CT molecular complexity index is 1030. The van der Waals surface area contributed by atoms with E-state index in [1.165, 1.54) is 0 Å². The molecule has 0 fully saturated rings. The number of amides is 1. The third-order valence-electron chi connectivity index (χ3n) is 4.04. The molecule has 3 aromatic rings. The predicted octanol–water partition coefficient (Wildman–Crippen LogP) is 4.93. The second kappa shape index (κ2) is 9.52. The van der Waals surface area contributed by atoms with E-state index in [2.05, 4.69) is 21.0 Å². The molecule has 0 atom stereocenters. The first-order valence-corrected chi connectivity index (χ1v) is 9.20. The Morgan fingerprint density at radius 1 is 0.897 bits per heavy atom. The summed E-state index contributed by atoms with van der Waals surface area (Å²) >= 11 is 5.97. The van der Waals surface area contributed by atoms with Crippen molar-refractivity contribution in [3.63, 3.8) is 0 Å². The van der Waals surface area contributed by atoms with Crippen LogP contribution in [0, 0.1) is 6.92 Å². The number of halogens is 1. The molecule has 0 heterocycles. The molecule has 0 aliphatic carbocycles. The molecule has 0 bridgehead atoms. The highest BCUT2D eigenvalue weighted by Gasteiger charge is 2.22. The lowest BCUT2D eigenvalue weighted by molar-refractivity contribution is -0.110. The highest BCUT2D eigenvalue weighted by Crippen LogP contribution is 2.14. The van der Waals surface area contributed by atoms with Crippen LogP contribution in [0.5, 0.6) is 0 Å². The monoisotopic (exact) mass is 406 g/mol. The molecule has 146 valence electrons. The Kier molecular flexibility index (Phi) is 6.60. The zero-order chi connectivity index (χ0) is 20.6. The summed E-state index contributed by atoms with van der Waals surface area (Å²) in [7, 11) is 0. The van der Waals surface area contributed by atoms with Gasteiger partial charge in [0.2, 0.25) is 0 Å². The van der Waals surface area contributed by atoms with E-state index in [-0.39, 0.29) is 11.4 Å². The normalized spacial score (nSPS) is 11.8. The van der Waals surface area contributed by atoms with Gasteiger partial charge in [-0.1, -0.05) is 64.8 Å². The predicted molar refractivity (Wildman–Crippen MR) is 117 cm³/mol. The number of hydrazone groups is 1. The van der Waals surface area contributed by atoms with Crippen LogP contribution in [0.4, 0.5) is 11.4 Å². The molecule has 0 aliphatic heterocycles. The Morgan fingerprint density at radius 3 is 2.17 bits per heavy atom. The van der Waals surface area contributed by atoms with E-state index >= 15 is 0 Å². The smallest absolute Gasteiger partial charge is 0.280 e. The number of carbonyl (C=O) groups excluding carboxylic acids is 1. The van der Waals surface area contributed by atoms with E-state index in [0.717, 1.165) is 11.3 Å². The van der Waals surface area contributed by atoms with Gasteiger partial charge in [0.05, 0.1) is 5.69 Å². The zero-order valence-electron chi connectivity index (χ0n) is 15.6. The van der Waals surface area contributed by atoms with Crippen molar-refractivity contribution < 1.29 is 10.0 Å². The number of anilines is 2. The van der Waals surface area contributed by atoms with Crippen LogP contribution in [0.15, 0.2) is 89.1 Å². The molecule has 0 spiro atoms. The van der Waals surface area contributed by atoms with Gasteiger partial charge in [-0.15, -0.1) is 0 Å². The number of hydrogen-bond acceptors (Lipinski definition) is 5. The van der Waals surface area contributed by atoms with Gasteiger partial charge in [0.1, 0.15) is 5.71 Å². The van der Waals surface area contributed by atoms with Crippen LogP contribution >= 0.6 is 11.6 Å².